The van der Waals surface area contributed by atoms with Gasteiger partial charge in [-0.2, -0.15) is 0 Å². The minimum atomic E-state index is -1.08. The zero-order valence-corrected chi connectivity index (χ0v) is 10.7. The number of hydrogen-bond donors (Lipinski definition) is 3. The van der Waals surface area contributed by atoms with Crippen molar-refractivity contribution >= 4 is 17.6 Å². The van der Waals surface area contributed by atoms with Crippen molar-refractivity contribution in [2.75, 3.05) is 11.9 Å². The van der Waals surface area contributed by atoms with E-state index in [1.165, 1.54) is 18.5 Å². The first kappa shape index (κ1) is 14.0. The molecule has 0 aromatic carbocycles. The van der Waals surface area contributed by atoms with Crippen molar-refractivity contribution in [1.82, 2.24) is 10.3 Å². The van der Waals surface area contributed by atoms with Crippen LogP contribution in [0.1, 0.15) is 31.1 Å². The van der Waals surface area contributed by atoms with Gasteiger partial charge in [0, 0.05) is 17.9 Å². The molecule has 0 aliphatic rings. The number of amides is 1. The molecule has 1 aromatic rings. The van der Waals surface area contributed by atoms with Crippen LogP contribution in [0.5, 0.6) is 0 Å². The maximum atomic E-state index is 11.6. The van der Waals surface area contributed by atoms with Crippen molar-refractivity contribution in [2.24, 2.45) is 0 Å². The molecule has 0 unspecified atom stereocenters. The summed E-state index contributed by atoms with van der Waals surface area (Å²) in [4.78, 5) is 26.2. The van der Waals surface area contributed by atoms with Gasteiger partial charge in [0.2, 0.25) is 5.91 Å². The van der Waals surface area contributed by atoms with Crippen molar-refractivity contribution < 1.29 is 14.7 Å². The van der Waals surface area contributed by atoms with Gasteiger partial charge >= 0.3 is 5.97 Å². The van der Waals surface area contributed by atoms with Gasteiger partial charge in [0.05, 0.1) is 12.2 Å². The second-order valence-electron chi connectivity index (χ2n) is 4.88. The van der Waals surface area contributed by atoms with Gasteiger partial charge in [-0.1, -0.05) is 0 Å². The lowest BCUT2D eigenvalue weighted by atomic mass is 10.1. The van der Waals surface area contributed by atoms with Crippen LogP contribution in [0.15, 0.2) is 18.5 Å². The van der Waals surface area contributed by atoms with E-state index in [4.69, 9.17) is 5.11 Å². The van der Waals surface area contributed by atoms with Crippen LogP contribution in [-0.4, -0.2) is 34.1 Å². The molecule has 98 valence electrons. The highest BCUT2D eigenvalue weighted by Crippen LogP contribution is 2.12. The SMILES string of the molecule is CC(C)(C)NC(=O)CNc1ccncc1C(=O)O. The molecule has 0 fully saturated rings. The van der Waals surface area contributed by atoms with Crippen molar-refractivity contribution in [2.45, 2.75) is 26.3 Å². The van der Waals surface area contributed by atoms with Gasteiger partial charge in [-0.05, 0) is 26.8 Å². The van der Waals surface area contributed by atoms with Crippen LogP contribution < -0.4 is 10.6 Å². The van der Waals surface area contributed by atoms with Gasteiger partial charge in [-0.25, -0.2) is 4.79 Å². The average molecular weight is 251 g/mol. The van der Waals surface area contributed by atoms with Crippen molar-refractivity contribution in [3.05, 3.63) is 24.0 Å². The molecule has 3 N–H and O–H groups in total. The van der Waals surface area contributed by atoms with E-state index in [-0.39, 0.29) is 23.6 Å². The first-order chi connectivity index (χ1) is 8.29. The summed E-state index contributed by atoms with van der Waals surface area (Å²) < 4.78 is 0. The molecule has 0 bridgehead atoms. The Labute approximate surface area is 105 Å². The monoisotopic (exact) mass is 251 g/mol. The van der Waals surface area contributed by atoms with Crippen LogP contribution in [0.4, 0.5) is 5.69 Å². The van der Waals surface area contributed by atoms with E-state index in [1.807, 2.05) is 20.8 Å². The molecular formula is C12H17N3O3. The lowest BCUT2D eigenvalue weighted by molar-refractivity contribution is -0.120. The highest BCUT2D eigenvalue weighted by molar-refractivity contribution is 5.94. The van der Waals surface area contributed by atoms with E-state index < -0.39 is 5.97 Å². The van der Waals surface area contributed by atoms with Crippen LogP contribution >= 0.6 is 0 Å². The minimum Gasteiger partial charge on any atom is -0.478 e. The molecule has 18 heavy (non-hydrogen) atoms. The molecule has 1 aromatic heterocycles. The van der Waals surface area contributed by atoms with Crippen LogP contribution in [0.3, 0.4) is 0 Å². The average Bonchev–Trinajstić information content (AvgIpc) is 2.24. The second-order valence-corrected chi connectivity index (χ2v) is 4.88. The summed E-state index contributed by atoms with van der Waals surface area (Å²) in [6.45, 7) is 5.64. The van der Waals surface area contributed by atoms with Crippen LogP contribution in [0, 0.1) is 0 Å². The first-order valence-corrected chi connectivity index (χ1v) is 5.52. The molecule has 0 atom stereocenters. The number of nitrogens with zero attached hydrogens (tertiary/aromatic N) is 1. The highest BCUT2D eigenvalue weighted by Gasteiger charge is 2.14. The quantitative estimate of drug-likeness (QED) is 0.745. The van der Waals surface area contributed by atoms with Gasteiger partial charge in [0.15, 0.2) is 0 Å². The third-order valence-electron chi connectivity index (χ3n) is 2.01. The molecule has 1 heterocycles. The van der Waals surface area contributed by atoms with Crippen LogP contribution in [0.25, 0.3) is 0 Å². The number of carboxylic acids is 1. The molecular weight excluding hydrogens is 234 g/mol. The number of hydrogen-bond acceptors (Lipinski definition) is 4. The van der Waals surface area contributed by atoms with Crippen molar-refractivity contribution in [3.63, 3.8) is 0 Å². The number of carbonyl (C=O) groups is 2. The molecule has 1 amide bonds. The maximum absolute atomic E-state index is 11.6. The van der Waals surface area contributed by atoms with Gasteiger partial charge in [0.25, 0.3) is 0 Å². The maximum Gasteiger partial charge on any atom is 0.339 e. The third-order valence-corrected chi connectivity index (χ3v) is 2.01. The molecule has 6 nitrogen and oxygen atoms in total. The number of pyridine rings is 1. The number of nitrogens with one attached hydrogen (secondary N) is 2. The lowest BCUT2D eigenvalue weighted by Gasteiger charge is -2.20. The molecule has 0 saturated heterocycles. The number of aromatic carboxylic acids is 1. The smallest absolute Gasteiger partial charge is 0.339 e. The highest BCUT2D eigenvalue weighted by atomic mass is 16.4. The van der Waals surface area contributed by atoms with E-state index in [2.05, 4.69) is 15.6 Å². The first-order valence-electron chi connectivity index (χ1n) is 5.52. The summed E-state index contributed by atoms with van der Waals surface area (Å²) in [5.41, 5.74) is 0.106. The van der Waals surface area contributed by atoms with Crippen LogP contribution in [-0.2, 0) is 4.79 Å². The largest absolute Gasteiger partial charge is 0.478 e. The predicted molar refractivity (Wildman–Crippen MR) is 67.6 cm³/mol. The molecule has 6 heteroatoms. The second kappa shape index (κ2) is 5.48. The normalized spacial score (nSPS) is 10.8. The van der Waals surface area contributed by atoms with E-state index >= 15 is 0 Å². The Bertz CT molecular complexity index is 452. The lowest BCUT2D eigenvalue weighted by Crippen LogP contribution is -2.43. The molecule has 0 spiro atoms. The van der Waals surface area contributed by atoms with Gasteiger partial charge in [-0.15, -0.1) is 0 Å². The fraction of sp³-hybridized carbons (Fsp3) is 0.417. The van der Waals surface area contributed by atoms with E-state index in [0.29, 0.717) is 5.69 Å². The zero-order valence-electron chi connectivity index (χ0n) is 10.7. The Balaban J connectivity index is 2.64. The van der Waals surface area contributed by atoms with Gasteiger partial charge in [-0.3, -0.25) is 9.78 Å². The molecule has 1 rings (SSSR count). The Morgan fingerprint density at radius 3 is 2.61 bits per heavy atom. The van der Waals surface area contributed by atoms with Gasteiger partial charge in [0.1, 0.15) is 5.56 Å². The molecule has 0 aliphatic carbocycles. The van der Waals surface area contributed by atoms with Crippen LogP contribution in [0.2, 0.25) is 0 Å². The van der Waals surface area contributed by atoms with Crippen molar-refractivity contribution in [1.29, 1.82) is 0 Å². The summed E-state index contributed by atoms with van der Waals surface area (Å²) >= 11 is 0. The summed E-state index contributed by atoms with van der Waals surface area (Å²) in [5, 5.41) is 14.5. The summed E-state index contributed by atoms with van der Waals surface area (Å²) in [5.74, 6) is -1.28. The third kappa shape index (κ3) is 4.40. The van der Waals surface area contributed by atoms with E-state index in [0.717, 1.165) is 0 Å². The van der Waals surface area contributed by atoms with Crippen molar-refractivity contribution in [3.8, 4) is 0 Å². The van der Waals surface area contributed by atoms with E-state index in [1.54, 1.807) is 0 Å². The molecule has 0 radical (unpaired) electrons. The minimum absolute atomic E-state index is 0.0154. The molecule has 0 aliphatic heterocycles. The number of carbonyl (C=O) groups excluding carboxylic acids is 1. The molecule has 0 saturated carbocycles. The zero-order chi connectivity index (χ0) is 13.8. The van der Waals surface area contributed by atoms with E-state index in [9.17, 15) is 9.59 Å². The fourth-order valence-electron chi connectivity index (χ4n) is 1.36. The summed E-state index contributed by atoms with van der Waals surface area (Å²) in [6.07, 6.45) is 2.71. The van der Waals surface area contributed by atoms with Gasteiger partial charge < -0.3 is 15.7 Å². The summed E-state index contributed by atoms with van der Waals surface area (Å²) in [6, 6.07) is 1.52. The Hall–Kier alpha value is -2.11. The number of anilines is 1. The predicted octanol–water partition coefficient (Wildman–Crippen LogP) is 1.11. The summed E-state index contributed by atoms with van der Waals surface area (Å²) in [7, 11) is 0. The Morgan fingerprint density at radius 1 is 1.39 bits per heavy atom. The number of carboxylic acid groups (broad SMARTS) is 1. The standard InChI is InChI=1S/C12H17N3O3/c1-12(2,3)15-10(16)7-14-9-4-5-13-6-8(9)11(17)18/h4-6H,7H2,1-3H3,(H,13,14)(H,15,16)(H,17,18). The fourth-order valence-corrected chi connectivity index (χ4v) is 1.36. The Morgan fingerprint density at radius 2 is 2.06 bits per heavy atom. The number of aromatic nitrogens is 1. The Kier molecular flexibility index (Phi) is 4.25. The number of rotatable bonds is 4. The topological polar surface area (TPSA) is 91.3 Å².